The zero-order chi connectivity index (χ0) is 14.4. The molecule has 1 unspecified atom stereocenters. The van der Waals surface area contributed by atoms with Crippen LogP contribution in [0.15, 0.2) is 30.3 Å². The molecule has 0 heterocycles. The molecule has 1 atom stereocenters. The van der Waals surface area contributed by atoms with Crippen LogP contribution < -0.4 is 5.32 Å². The van der Waals surface area contributed by atoms with E-state index in [1.165, 1.54) is 12.8 Å². The lowest BCUT2D eigenvalue weighted by atomic mass is 9.88. The Labute approximate surface area is 122 Å². The van der Waals surface area contributed by atoms with Crippen LogP contribution in [0.2, 0.25) is 0 Å². The summed E-state index contributed by atoms with van der Waals surface area (Å²) in [6.07, 6.45) is 5.13. The summed E-state index contributed by atoms with van der Waals surface area (Å²) >= 11 is 0. The molecule has 1 aliphatic carbocycles. The van der Waals surface area contributed by atoms with Gasteiger partial charge in [0.15, 0.2) is 0 Å². The molecule has 0 radical (unpaired) electrons. The maximum Gasteiger partial charge on any atom is 0.0903 e. The molecule has 112 valence electrons. The van der Waals surface area contributed by atoms with E-state index in [0.717, 1.165) is 24.3 Å². The van der Waals surface area contributed by atoms with E-state index in [1.54, 1.807) is 0 Å². The Hall–Kier alpha value is -0.900. The Kier molecular flexibility index (Phi) is 5.58. The lowest BCUT2D eigenvalue weighted by molar-refractivity contribution is -0.0289. The molecule has 2 rings (SSSR count). The summed E-state index contributed by atoms with van der Waals surface area (Å²) in [6, 6.07) is 10.1. The third kappa shape index (κ3) is 3.60. The van der Waals surface area contributed by atoms with Gasteiger partial charge in [-0.15, -0.1) is 0 Å². The molecular weight excluding hydrogens is 250 g/mol. The van der Waals surface area contributed by atoms with Crippen LogP contribution in [-0.4, -0.2) is 31.5 Å². The van der Waals surface area contributed by atoms with E-state index >= 15 is 0 Å². The summed E-state index contributed by atoms with van der Waals surface area (Å²) in [5.41, 5.74) is 0.582. The minimum absolute atomic E-state index is 0.0383. The fourth-order valence-electron chi connectivity index (χ4n) is 2.93. The van der Waals surface area contributed by atoms with Gasteiger partial charge in [-0.25, -0.2) is 0 Å². The smallest absolute Gasteiger partial charge is 0.0903 e. The van der Waals surface area contributed by atoms with E-state index in [9.17, 15) is 5.11 Å². The monoisotopic (exact) mass is 277 g/mol. The van der Waals surface area contributed by atoms with Crippen molar-refractivity contribution in [1.82, 2.24) is 5.32 Å². The summed E-state index contributed by atoms with van der Waals surface area (Å²) in [6.45, 7) is 2.87. The van der Waals surface area contributed by atoms with Crippen LogP contribution in [-0.2, 0) is 10.3 Å². The fourth-order valence-corrected chi connectivity index (χ4v) is 2.93. The first kappa shape index (κ1) is 15.5. The summed E-state index contributed by atoms with van der Waals surface area (Å²) < 4.78 is 6.11. The zero-order valence-corrected chi connectivity index (χ0v) is 12.6. The lowest BCUT2D eigenvalue weighted by Gasteiger charge is -2.35. The highest BCUT2D eigenvalue weighted by molar-refractivity contribution is 5.24. The predicted octanol–water partition coefficient (Wildman–Crippen LogP) is 2.69. The van der Waals surface area contributed by atoms with Crippen molar-refractivity contribution in [3.8, 4) is 0 Å². The normalized spacial score (nSPS) is 26.1. The number of likely N-dealkylation sites (N-methyl/N-ethyl adjacent to an activating group) is 1. The number of hydrogen-bond acceptors (Lipinski definition) is 3. The second-order valence-electron chi connectivity index (χ2n) is 6.05. The van der Waals surface area contributed by atoms with Crippen molar-refractivity contribution in [3.05, 3.63) is 35.9 Å². The second kappa shape index (κ2) is 7.21. The first-order valence-corrected chi connectivity index (χ1v) is 7.67. The van der Waals surface area contributed by atoms with Gasteiger partial charge in [-0.3, -0.25) is 0 Å². The molecule has 0 amide bonds. The highest BCUT2D eigenvalue weighted by Gasteiger charge is 2.31. The third-order valence-corrected chi connectivity index (χ3v) is 4.60. The van der Waals surface area contributed by atoms with E-state index in [-0.39, 0.29) is 6.61 Å². The maximum atomic E-state index is 9.86. The average molecular weight is 277 g/mol. The maximum absolute atomic E-state index is 9.86. The van der Waals surface area contributed by atoms with E-state index < -0.39 is 5.54 Å². The van der Waals surface area contributed by atoms with Crippen molar-refractivity contribution in [3.63, 3.8) is 0 Å². The number of benzene rings is 1. The van der Waals surface area contributed by atoms with Gasteiger partial charge in [-0.05, 0) is 44.2 Å². The molecule has 0 spiro atoms. The molecule has 2 N–H and O–H groups in total. The van der Waals surface area contributed by atoms with Crippen molar-refractivity contribution in [2.45, 2.75) is 44.2 Å². The lowest BCUT2D eigenvalue weighted by Crippen LogP contribution is -2.48. The van der Waals surface area contributed by atoms with Crippen LogP contribution in [0.4, 0.5) is 0 Å². The molecule has 1 fully saturated rings. The van der Waals surface area contributed by atoms with Crippen LogP contribution in [0, 0.1) is 5.92 Å². The van der Waals surface area contributed by atoms with Gasteiger partial charge in [0.05, 0.1) is 24.9 Å². The Morgan fingerprint density at radius 2 is 1.85 bits per heavy atom. The summed E-state index contributed by atoms with van der Waals surface area (Å²) in [5.74, 6) is 0.830. The number of aliphatic hydroxyl groups excluding tert-OH is 1. The fraction of sp³-hybridized carbons (Fsp3) is 0.647. The summed E-state index contributed by atoms with van der Waals surface area (Å²) in [4.78, 5) is 0. The highest BCUT2D eigenvalue weighted by Crippen LogP contribution is 2.28. The highest BCUT2D eigenvalue weighted by atomic mass is 16.5. The molecule has 20 heavy (non-hydrogen) atoms. The minimum atomic E-state index is -0.496. The van der Waals surface area contributed by atoms with Crippen molar-refractivity contribution in [2.75, 3.05) is 20.3 Å². The molecule has 0 aromatic heterocycles. The second-order valence-corrected chi connectivity index (χ2v) is 6.05. The third-order valence-electron chi connectivity index (χ3n) is 4.60. The molecule has 0 aliphatic heterocycles. The standard InChI is InChI=1S/C17H27NO2/c1-14-8-10-16(11-9-14)20-13-17(12-19,18-2)15-6-4-3-5-7-15/h3-7,14,16,18-19H,8-13H2,1-2H3. The van der Waals surface area contributed by atoms with Crippen LogP contribution in [0.1, 0.15) is 38.2 Å². The Morgan fingerprint density at radius 1 is 1.20 bits per heavy atom. The zero-order valence-electron chi connectivity index (χ0n) is 12.6. The van der Waals surface area contributed by atoms with Gasteiger partial charge < -0.3 is 15.2 Å². The van der Waals surface area contributed by atoms with Gasteiger partial charge in [0, 0.05) is 0 Å². The van der Waals surface area contributed by atoms with Gasteiger partial charge in [0.1, 0.15) is 0 Å². The first-order chi connectivity index (χ1) is 9.70. The molecule has 1 aromatic carbocycles. The van der Waals surface area contributed by atoms with Gasteiger partial charge in [-0.1, -0.05) is 37.3 Å². The van der Waals surface area contributed by atoms with E-state index in [1.807, 2.05) is 37.4 Å². The molecule has 3 nitrogen and oxygen atoms in total. The van der Waals surface area contributed by atoms with Gasteiger partial charge in [0.2, 0.25) is 0 Å². The van der Waals surface area contributed by atoms with E-state index in [0.29, 0.717) is 12.7 Å². The van der Waals surface area contributed by atoms with Gasteiger partial charge >= 0.3 is 0 Å². The quantitative estimate of drug-likeness (QED) is 0.840. The molecule has 1 aromatic rings. The summed E-state index contributed by atoms with van der Waals surface area (Å²) in [5, 5.41) is 13.1. The number of ether oxygens (including phenoxy) is 1. The number of aliphatic hydroxyl groups is 1. The molecular formula is C17H27NO2. The molecule has 0 bridgehead atoms. The minimum Gasteiger partial charge on any atom is -0.394 e. The predicted molar refractivity (Wildman–Crippen MR) is 81.6 cm³/mol. The van der Waals surface area contributed by atoms with Crippen molar-refractivity contribution >= 4 is 0 Å². The Balaban J connectivity index is 1.99. The molecule has 1 saturated carbocycles. The van der Waals surface area contributed by atoms with Crippen molar-refractivity contribution in [1.29, 1.82) is 0 Å². The van der Waals surface area contributed by atoms with Crippen LogP contribution in [0.25, 0.3) is 0 Å². The van der Waals surface area contributed by atoms with Crippen LogP contribution >= 0.6 is 0 Å². The molecule has 1 aliphatic rings. The number of hydrogen-bond donors (Lipinski definition) is 2. The van der Waals surface area contributed by atoms with Crippen molar-refractivity contribution in [2.24, 2.45) is 5.92 Å². The first-order valence-electron chi connectivity index (χ1n) is 7.67. The number of rotatable bonds is 6. The Bertz CT molecular complexity index is 381. The molecule has 3 heteroatoms. The molecule has 0 saturated heterocycles. The Morgan fingerprint density at radius 3 is 2.40 bits per heavy atom. The van der Waals surface area contributed by atoms with E-state index in [4.69, 9.17) is 4.74 Å². The van der Waals surface area contributed by atoms with Crippen LogP contribution in [0.5, 0.6) is 0 Å². The van der Waals surface area contributed by atoms with E-state index in [2.05, 4.69) is 12.2 Å². The largest absolute Gasteiger partial charge is 0.394 e. The topological polar surface area (TPSA) is 41.5 Å². The average Bonchev–Trinajstić information content (AvgIpc) is 2.51. The van der Waals surface area contributed by atoms with Crippen molar-refractivity contribution < 1.29 is 9.84 Å². The van der Waals surface area contributed by atoms with Gasteiger partial charge in [0.25, 0.3) is 0 Å². The number of nitrogens with one attached hydrogen (secondary N) is 1. The van der Waals surface area contributed by atoms with Gasteiger partial charge in [-0.2, -0.15) is 0 Å². The summed E-state index contributed by atoms with van der Waals surface area (Å²) in [7, 11) is 1.88. The van der Waals surface area contributed by atoms with Crippen LogP contribution in [0.3, 0.4) is 0 Å². The SMILES string of the molecule is CNC(CO)(COC1CCC(C)CC1)c1ccccc1.